The molecule has 6 heteroatoms. The van der Waals surface area contributed by atoms with Crippen molar-refractivity contribution in [2.75, 3.05) is 5.73 Å². The molecule has 0 aliphatic carbocycles. The Morgan fingerprint density at radius 1 is 1.26 bits per heavy atom. The van der Waals surface area contributed by atoms with E-state index in [9.17, 15) is 4.39 Å². The highest BCUT2D eigenvalue weighted by Crippen LogP contribution is 2.19. The molecular formula is C13H12FN5. The number of rotatable bonds is 2. The molecule has 3 aromatic rings. The number of hydrogen-bond donors (Lipinski definition) is 1. The fourth-order valence-corrected chi connectivity index (χ4v) is 2.04. The van der Waals surface area contributed by atoms with E-state index in [1.165, 1.54) is 12.1 Å². The molecule has 3 rings (SSSR count). The number of aromatic nitrogens is 4. The molecule has 0 aliphatic rings. The Bertz CT molecular complexity index is 750. The largest absolute Gasteiger partial charge is 0.369 e. The van der Waals surface area contributed by atoms with Gasteiger partial charge in [-0.1, -0.05) is 0 Å². The number of benzene rings is 1. The molecule has 0 atom stereocenters. The molecule has 2 N–H and O–H groups in total. The fraction of sp³-hybridized carbons (Fsp3) is 0.154. The summed E-state index contributed by atoms with van der Waals surface area (Å²) in [6, 6.07) is 6.21. The van der Waals surface area contributed by atoms with Crippen molar-refractivity contribution < 1.29 is 4.39 Å². The number of nitrogen functional groups attached to an aromatic ring is 1. The SMILES string of the molecule is Cc1nccc(Cn2c(N)nc3ccc(F)cc32)n1. The lowest BCUT2D eigenvalue weighted by atomic mass is 10.3. The van der Waals surface area contributed by atoms with Crippen LogP contribution in [-0.4, -0.2) is 19.5 Å². The van der Waals surface area contributed by atoms with Gasteiger partial charge in [0.1, 0.15) is 11.6 Å². The quantitative estimate of drug-likeness (QED) is 0.761. The van der Waals surface area contributed by atoms with Gasteiger partial charge >= 0.3 is 0 Å². The number of halogens is 1. The molecule has 0 unspecified atom stereocenters. The van der Waals surface area contributed by atoms with Gasteiger partial charge in [0.05, 0.1) is 23.3 Å². The average molecular weight is 257 g/mol. The Balaban J connectivity index is 2.09. The van der Waals surface area contributed by atoms with Crippen molar-refractivity contribution in [1.29, 1.82) is 0 Å². The zero-order valence-electron chi connectivity index (χ0n) is 10.3. The minimum absolute atomic E-state index is 0.312. The Labute approximate surface area is 108 Å². The van der Waals surface area contributed by atoms with Crippen molar-refractivity contribution in [1.82, 2.24) is 19.5 Å². The standard InChI is InChI=1S/C13H12FN5/c1-8-16-5-4-10(17-8)7-19-12-6-9(14)2-3-11(12)18-13(19)15/h2-6H,7H2,1H3,(H2,15,18). The normalized spacial score (nSPS) is 11.1. The lowest BCUT2D eigenvalue weighted by molar-refractivity contribution is 0.628. The topological polar surface area (TPSA) is 69.6 Å². The lowest BCUT2D eigenvalue weighted by Gasteiger charge is -2.06. The summed E-state index contributed by atoms with van der Waals surface area (Å²) in [5.41, 5.74) is 8.02. The van der Waals surface area contributed by atoms with Crippen LogP contribution in [0.1, 0.15) is 11.5 Å². The summed E-state index contributed by atoms with van der Waals surface area (Å²) in [6.07, 6.45) is 1.69. The first-order chi connectivity index (χ1) is 9.13. The Hall–Kier alpha value is -2.50. The minimum atomic E-state index is -0.312. The van der Waals surface area contributed by atoms with E-state index in [4.69, 9.17) is 5.73 Å². The summed E-state index contributed by atoms with van der Waals surface area (Å²) < 4.78 is 15.1. The van der Waals surface area contributed by atoms with E-state index in [1.54, 1.807) is 22.9 Å². The molecular weight excluding hydrogens is 245 g/mol. The van der Waals surface area contributed by atoms with Crippen LogP contribution in [0.15, 0.2) is 30.5 Å². The van der Waals surface area contributed by atoms with E-state index in [-0.39, 0.29) is 5.82 Å². The molecule has 0 aliphatic heterocycles. The number of imidazole rings is 1. The predicted molar refractivity (Wildman–Crippen MR) is 70.0 cm³/mol. The Morgan fingerprint density at radius 2 is 2.11 bits per heavy atom. The number of fused-ring (bicyclic) bond motifs is 1. The van der Waals surface area contributed by atoms with Crippen LogP contribution in [0.3, 0.4) is 0 Å². The minimum Gasteiger partial charge on any atom is -0.369 e. The maximum atomic E-state index is 13.3. The van der Waals surface area contributed by atoms with Gasteiger partial charge in [0, 0.05) is 6.20 Å². The molecule has 0 saturated heterocycles. The van der Waals surface area contributed by atoms with Crippen molar-refractivity contribution in [2.24, 2.45) is 0 Å². The molecule has 96 valence electrons. The summed E-state index contributed by atoms with van der Waals surface area (Å²) in [6.45, 7) is 2.26. The average Bonchev–Trinajstić information content (AvgIpc) is 2.66. The summed E-state index contributed by atoms with van der Waals surface area (Å²) >= 11 is 0. The zero-order valence-corrected chi connectivity index (χ0v) is 10.3. The molecule has 2 heterocycles. The number of hydrogen-bond acceptors (Lipinski definition) is 4. The maximum absolute atomic E-state index is 13.3. The predicted octanol–water partition coefficient (Wildman–Crippen LogP) is 1.90. The molecule has 2 aromatic heterocycles. The fourth-order valence-electron chi connectivity index (χ4n) is 2.04. The van der Waals surface area contributed by atoms with E-state index >= 15 is 0 Å². The number of anilines is 1. The Kier molecular flexibility index (Phi) is 2.63. The third kappa shape index (κ3) is 2.12. The van der Waals surface area contributed by atoms with Gasteiger partial charge in [-0.05, 0) is 31.2 Å². The highest BCUT2D eigenvalue weighted by Gasteiger charge is 2.10. The van der Waals surface area contributed by atoms with Gasteiger partial charge in [0.15, 0.2) is 0 Å². The van der Waals surface area contributed by atoms with Crippen molar-refractivity contribution in [3.8, 4) is 0 Å². The van der Waals surface area contributed by atoms with Crippen LogP contribution >= 0.6 is 0 Å². The Morgan fingerprint density at radius 3 is 2.89 bits per heavy atom. The highest BCUT2D eigenvalue weighted by molar-refractivity contribution is 5.78. The molecule has 0 amide bonds. The van der Waals surface area contributed by atoms with Gasteiger partial charge in [0.2, 0.25) is 5.95 Å². The second-order valence-corrected chi connectivity index (χ2v) is 4.28. The van der Waals surface area contributed by atoms with Crippen LogP contribution in [0, 0.1) is 12.7 Å². The highest BCUT2D eigenvalue weighted by atomic mass is 19.1. The second kappa shape index (κ2) is 4.31. The third-order valence-corrected chi connectivity index (χ3v) is 2.89. The molecule has 5 nitrogen and oxygen atoms in total. The number of aryl methyl sites for hydroxylation is 1. The van der Waals surface area contributed by atoms with Crippen molar-refractivity contribution in [3.05, 3.63) is 47.8 Å². The van der Waals surface area contributed by atoms with E-state index < -0.39 is 0 Å². The van der Waals surface area contributed by atoms with Crippen molar-refractivity contribution in [2.45, 2.75) is 13.5 Å². The molecule has 1 aromatic carbocycles. The van der Waals surface area contributed by atoms with E-state index in [0.717, 1.165) is 5.69 Å². The first kappa shape index (κ1) is 11.6. The number of nitrogens with two attached hydrogens (primary N) is 1. The molecule has 0 fully saturated rings. The van der Waals surface area contributed by atoms with Gasteiger partial charge in [-0.3, -0.25) is 0 Å². The van der Waals surface area contributed by atoms with Gasteiger partial charge in [-0.15, -0.1) is 0 Å². The summed E-state index contributed by atoms with van der Waals surface area (Å²) in [4.78, 5) is 12.6. The molecule has 0 spiro atoms. The smallest absolute Gasteiger partial charge is 0.201 e. The van der Waals surface area contributed by atoms with Crippen LogP contribution in [0.5, 0.6) is 0 Å². The van der Waals surface area contributed by atoms with Crippen LogP contribution in [0.25, 0.3) is 11.0 Å². The van der Waals surface area contributed by atoms with Crippen molar-refractivity contribution in [3.63, 3.8) is 0 Å². The second-order valence-electron chi connectivity index (χ2n) is 4.28. The molecule has 0 saturated carbocycles. The van der Waals surface area contributed by atoms with Gasteiger partial charge in [0.25, 0.3) is 0 Å². The van der Waals surface area contributed by atoms with E-state index in [2.05, 4.69) is 15.0 Å². The first-order valence-corrected chi connectivity index (χ1v) is 5.83. The van der Waals surface area contributed by atoms with Crippen LogP contribution in [0.2, 0.25) is 0 Å². The van der Waals surface area contributed by atoms with Crippen LogP contribution < -0.4 is 5.73 Å². The monoisotopic (exact) mass is 257 g/mol. The van der Waals surface area contributed by atoms with E-state index in [1.807, 2.05) is 6.92 Å². The van der Waals surface area contributed by atoms with Gasteiger partial charge < -0.3 is 10.3 Å². The van der Waals surface area contributed by atoms with Crippen molar-refractivity contribution >= 4 is 17.0 Å². The van der Waals surface area contributed by atoms with Crippen LogP contribution in [0.4, 0.5) is 10.3 Å². The summed E-state index contributed by atoms with van der Waals surface area (Å²) in [5, 5.41) is 0. The van der Waals surface area contributed by atoms with Gasteiger partial charge in [-0.25, -0.2) is 19.3 Å². The molecule has 0 radical (unpaired) electrons. The van der Waals surface area contributed by atoms with Crippen LogP contribution in [-0.2, 0) is 6.54 Å². The summed E-state index contributed by atoms with van der Waals surface area (Å²) in [5.74, 6) is 0.719. The lowest BCUT2D eigenvalue weighted by Crippen LogP contribution is -2.07. The zero-order chi connectivity index (χ0) is 13.4. The third-order valence-electron chi connectivity index (χ3n) is 2.89. The number of nitrogens with zero attached hydrogens (tertiary/aromatic N) is 4. The van der Waals surface area contributed by atoms with Gasteiger partial charge in [-0.2, -0.15) is 0 Å². The molecule has 0 bridgehead atoms. The summed E-state index contributed by atoms with van der Waals surface area (Å²) in [7, 11) is 0. The van der Waals surface area contributed by atoms with E-state index in [0.29, 0.717) is 29.4 Å². The molecule has 19 heavy (non-hydrogen) atoms. The first-order valence-electron chi connectivity index (χ1n) is 5.83. The maximum Gasteiger partial charge on any atom is 0.201 e.